The lowest BCUT2D eigenvalue weighted by molar-refractivity contribution is 0.184. The minimum Gasteiger partial charge on any atom is -0.465 e. The molecule has 3 N–H and O–H groups in total. The van der Waals surface area contributed by atoms with E-state index in [0.29, 0.717) is 0 Å². The minimum atomic E-state index is -0.934. The molecule has 0 aromatic heterocycles. The third kappa shape index (κ3) is 3.37. The van der Waals surface area contributed by atoms with Crippen molar-refractivity contribution in [1.29, 1.82) is 0 Å². The molecule has 0 heterocycles. The van der Waals surface area contributed by atoms with Crippen LogP contribution in [0.2, 0.25) is 0 Å². The average molecular weight is 234 g/mol. The fraction of sp³-hybridized carbons (Fsp3) is 0.462. The van der Waals surface area contributed by atoms with Crippen molar-refractivity contribution in [3.63, 3.8) is 0 Å². The lowest BCUT2D eigenvalue weighted by Gasteiger charge is -2.32. The van der Waals surface area contributed by atoms with Gasteiger partial charge >= 0.3 is 6.09 Å². The first-order chi connectivity index (χ1) is 8.25. The molecule has 4 nitrogen and oxygen atoms in total. The number of carboxylic acid groups (broad SMARTS) is 1. The molecular formula is C13H18N2O2. The number of hydrogen-bond donors (Lipinski definition) is 3. The molecule has 1 aromatic carbocycles. The SMILES string of the molecule is O=C(O)N[C@H]1CCCC[C@H]1Nc1ccccc1. The van der Waals surface area contributed by atoms with Gasteiger partial charge < -0.3 is 15.7 Å². The van der Waals surface area contributed by atoms with Crippen LogP contribution >= 0.6 is 0 Å². The Morgan fingerprint density at radius 3 is 2.41 bits per heavy atom. The van der Waals surface area contributed by atoms with E-state index in [0.717, 1.165) is 31.4 Å². The van der Waals surface area contributed by atoms with Crippen LogP contribution in [0.5, 0.6) is 0 Å². The average Bonchev–Trinajstić information content (AvgIpc) is 2.32. The molecule has 2 atom stereocenters. The molecule has 1 aliphatic carbocycles. The molecule has 1 saturated carbocycles. The lowest BCUT2D eigenvalue weighted by Crippen LogP contribution is -2.48. The van der Waals surface area contributed by atoms with E-state index < -0.39 is 6.09 Å². The second-order valence-electron chi connectivity index (χ2n) is 4.46. The standard InChI is InChI=1S/C13H18N2O2/c16-13(17)15-12-9-5-4-8-11(12)14-10-6-2-1-3-7-10/h1-3,6-7,11-12,14-15H,4-5,8-9H2,(H,16,17)/t11-,12+/m1/s1. The zero-order valence-corrected chi connectivity index (χ0v) is 9.73. The summed E-state index contributed by atoms with van der Waals surface area (Å²) in [6.45, 7) is 0. The molecule has 92 valence electrons. The number of nitrogens with one attached hydrogen (secondary N) is 2. The number of amides is 1. The highest BCUT2D eigenvalue weighted by Crippen LogP contribution is 2.22. The van der Waals surface area contributed by atoms with Crippen LogP contribution in [0.3, 0.4) is 0 Å². The Morgan fingerprint density at radius 2 is 1.76 bits per heavy atom. The summed E-state index contributed by atoms with van der Waals surface area (Å²) in [6.07, 6.45) is 3.24. The van der Waals surface area contributed by atoms with E-state index in [1.54, 1.807) is 0 Å². The fourth-order valence-corrected chi connectivity index (χ4v) is 2.38. The van der Waals surface area contributed by atoms with E-state index in [4.69, 9.17) is 5.11 Å². The summed E-state index contributed by atoms with van der Waals surface area (Å²) in [5.41, 5.74) is 1.05. The number of hydrogen-bond acceptors (Lipinski definition) is 2. The van der Waals surface area contributed by atoms with E-state index in [1.807, 2.05) is 30.3 Å². The fourth-order valence-electron chi connectivity index (χ4n) is 2.38. The van der Waals surface area contributed by atoms with Gasteiger partial charge in [0.15, 0.2) is 0 Å². The zero-order valence-electron chi connectivity index (χ0n) is 9.73. The highest BCUT2D eigenvalue weighted by atomic mass is 16.4. The van der Waals surface area contributed by atoms with Crippen molar-refractivity contribution in [2.24, 2.45) is 0 Å². The maximum absolute atomic E-state index is 10.7. The van der Waals surface area contributed by atoms with Crippen LogP contribution in [-0.2, 0) is 0 Å². The smallest absolute Gasteiger partial charge is 0.404 e. The van der Waals surface area contributed by atoms with Gasteiger partial charge in [-0.2, -0.15) is 0 Å². The molecule has 1 fully saturated rings. The first-order valence-electron chi connectivity index (χ1n) is 6.07. The van der Waals surface area contributed by atoms with E-state index in [-0.39, 0.29) is 12.1 Å². The molecule has 0 bridgehead atoms. The van der Waals surface area contributed by atoms with Crippen molar-refractivity contribution < 1.29 is 9.90 Å². The summed E-state index contributed by atoms with van der Waals surface area (Å²) in [5.74, 6) is 0. The maximum atomic E-state index is 10.7. The number of para-hydroxylation sites is 1. The van der Waals surface area contributed by atoms with Crippen molar-refractivity contribution in [3.8, 4) is 0 Å². The largest absolute Gasteiger partial charge is 0.465 e. The molecule has 0 aliphatic heterocycles. The lowest BCUT2D eigenvalue weighted by atomic mass is 9.90. The molecule has 0 spiro atoms. The van der Waals surface area contributed by atoms with Gasteiger partial charge in [0, 0.05) is 11.7 Å². The molecule has 1 aromatic rings. The number of rotatable bonds is 3. The Kier molecular flexibility index (Phi) is 3.85. The van der Waals surface area contributed by atoms with Gasteiger partial charge in [-0.1, -0.05) is 31.0 Å². The zero-order chi connectivity index (χ0) is 12.1. The predicted octanol–water partition coefficient (Wildman–Crippen LogP) is 2.68. The van der Waals surface area contributed by atoms with Gasteiger partial charge in [0.1, 0.15) is 0 Å². The van der Waals surface area contributed by atoms with Crippen LogP contribution in [0.4, 0.5) is 10.5 Å². The van der Waals surface area contributed by atoms with Crippen molar-refractivity contribution in [2.75, 3.05) is 5.32 Å². The highest BCUT2D eigenvalue weighted by molar-refractivity contribution is 5.65. The summed E-state index contributed by atoms with van der Waals surface area (Å²) in [4.78, 5) is 10.7. The molecule has 4 heteroatoms. The first-order valence-corrected chi connectivity index (χ1v) is 6.07. The molecule has 1 amide bonds. The van der Waals surface area contributed by atoms with E-state index in [1.165, 1.54) is 0 Å². The number of benzene rings is 1. The Balaban J connectivity index is 1.99. The molecule has 17 heavy (non-hydrogen) atoms. The summed E-state index contributed by atoms with van der Waals surface area (Å²) in [6, 6.07) is 10.1. The van der Waals surface area contributed by atoms with Crippen LogP contribution in [-0.4, -0.2) is 23.3 Å². The first kappa shape index (κ1) is 11.8. The van der Waals surface area contributed by atoms with Crippen LogP contribution in [0.25, 0.3) is 0 Å². The maximum Gasteiger partial charge on any atom is 0.404 e. The van der Waals surface area contributed by atoms with Crippen LogP contribution < -0.4 is 10.6 Å². The van der Waals surface area contributed by atoms with Gasteiger partial charge in [0.25, 0.3) is 0 Å². The van der Waals surface area contributed by atoms with Crippen LogP contribution in [0, 0.1) is 0 Å². The van der Waals surface area contributed by atoms with Crippen LogP contribution in [0.1, 0.15) is 25.7 Å². The molecule has 0 unspecified atom stereocenters. The van der Waals surface area contributed by atoms with Gasteiger partial charge in [0.2, 0.25) is 0 Å². The molecular weight excluding hydrogens is 216 g/mol. The monoisotopic (exact) mass is 234 g/mol. The second kappa shape index (κ2) is 5.57. The van der Waals surface area contributed by atoms with Gasteiger partial charge in [-0.05, 0) is 25.0 Å². The Morgan fingerprint density at radius 1 is 1.12 bits per heavy atom. The predicted molar refractivity (Wildman–Crippen MR) is 67.3 cm³/mol. The topological polar surface area (TPSA) is 61.4 Å². The molecule has 0 radical (unpaired) electrons. The van der Waals surface area contributed by atoms with Crippen molar-refractivity contribution in [3.05, 3.63) is 30.3 Å². The van der Waals surface area contributed by atoms with Crippen molar-refractivity contribution in [2.45, 2.75) is 37.8 Å². The van der Waals surface area contributed by atoms with Crippen LogP contribution in [0.15, 0.2) is 30.3 Å². The summed E-state index contributed by atoms with van der Waals surface area (Å²) in [7, 11) is 0. The summed E-state index contributed by atoms with van der Waals surface area (Å²) >= 11 is 0. The Hall–Kier alpha value is -1.71. The van der Waals surface area contributed by atoms with E-state index >= 15 is 0 Å². The second-order valence-corrected chi connectivity index (χ2v) is 4.46. The summed E-state index contributed by atoms with van der Waals surface area (Å²) < 4.78 is 0. The van der Waals surface area contributed by atoms with Gasteiger partial charge in [-0.15, -0.1) is 0 Å². The Bertz CT molecular complexity index is 367. The molecule has 2 rings (SSSR count). The molecule has 0 saturated heterocycles. The van der Waals surface area contributed by atoms with Crippen molar-refractivity contribution in [1.82, 2.24) is 5.32 Å². The van der Waals surface area contributed by atoms with Gasteiger partial charge in [-0.25, -0.2) is 4.79 Å². The Labute approximate surface area is 101 Å². The number of carbonyl (C=O) groups is 1. The molecule has 1 aliphatic rings. The number of anilines is 1. The third-order valence-electron chi connectivity index (χ3n) is 3.20. The minimum absolute atomic E-state index is 0.0152. The van der Waals surface area contributed by atoms with Gasteiger partial charge in [-0.3, -0.25) is 0 Å². The summed E-state index contributed by atoms with van der Waals surface area (Å²) in [5, 5.41) is 14.8. The van der Waals surface area contributed by atoms with E-state index in [9.17, 15) is 4.79 Å². The van der Waals surface area contributed by atoms with Gasteiger partial charge in [0.05, 0.1) is 6.04 Å². The normalized spacial score (nSPS) is 24.0. The highest BCUT2D eigenvalue weighted by Gasteiger charge is 2.26. The van der Waals surface area contributed by atoms with E-state index in [2.05, 4.69) is 10.6 Å². The van der Waals surface area contributed by atoms with Crippen molar-refractivity contribution >= 4 is 11.8 Å². The quantitative estimate of drug-likeness (QED) is 0.753. The third-order valence-corrected chi connectivity index (χ3v) is 3.20.